The predicted molar refractivity (Wildman–Crippen MR) is 63.6 cm³/mol. The number of alkyl halides is 3. The van der Waals surface area contributed by atoms with Gasteiger partial charge in [-0.1, -0.05) is 74.7 Å². The third-order valence-electron chi connectivity index (χ3n) is 0.947. The van der Waals surface area contributed by atoms with E-state index in [2.05, 4.69) is 0 Å². The maximum Gasteiger partial charge on any atom is 0.301 e. The van der Waals surface area contributed by atoms with Crippen LogP contribution in [0.3, 0.4) is 0 Å². The normalized spacial score (nSPS) is 17.1. The van der Waals surface area contributed by atoms with Crippen LogP contribution in [0, 0.1) is 0 Å². The number of hydrogen-bond donors (Lipinski definition) is 3. The Morgan fingerprint density at radius 2 is 1.50 bits per heavy atom. The van der Waals surface area contributed by atoms with Crippen LogP contribution in [0.5, 0.6) is 0 Å². The molecule has 6 heteroatoms. The van der Waals surface area contributed by atoms with Gasteiger partial charge in [0.15, 0.2) is 1.43 Å². The van der Waals surface area contributed by atoms with E-state index in [1.807, 2.05) is 22.6 Å². The lowest BCUT2D eigenvalue weighted by Crippen LogP contribution is -2.49. The highest BCUT2D eigenvalue weighted by molar-refractivity contribution is 14.2. The van der Waals surface area contributed by atoms with E-state index in [-0.39, 0.29) is 3.92 Å². The van der Waals surface area contributed by atoms with Gasteiger partial charge in [0.05, 0.1) is 0 Å². The number of hydrogen-bond acceptors (Lipinski definition) is 3. The summed E-state index contributed by atoms with van der Waals surface area (Å²) in [6.45, 7) is 1.79. The molecule has 10 heavy (non-hydrogen) atoms. The average Bonchev–Trinajstić information content (AvgIpc) is 1.62. The van der Waals surface area contributed by atoms with Crippen LogP contribution in [0.4, 0.5) is 0 Å². The van der Waals surface area contributed by atoms with Crippen LogP contribution in [0.2, 0.25) is 0 Å². The van der Waals surface area contributed by atoms with Gasteiger partial charge in [-0.3, -0.25) is 0 Å². The first kappa shape index (κ1) is 12.1. The summed E-state index contributed by atoms with van der Waals surface area (Å²) < 4.78 is -1.02. The minimum atomic E-state index is -2.62. The summed E-state index contributed by atoms with van der Waals surface area (Å²) in [5.74, 6) is -2.62. The summed E-state index contributed by atoms with van der Waals surface area (Å²) in [6.07, 6.45) is 0. The molecule has 0 aromatic heterocycles. The summed E-state index contributed by atoms with van der Waals surface area (Å²) in [7, 11) is 0. The Morgan fingerprint density at radius 3 is 1.50 bits per heavy atom. The lowest BCUT2D eigenvalue weighted by Gasteiger charge is -2.31. The van der Waals surface area contributed by atoms with Gasteiger partial charge in [0, 0.05) is 3.92 Å². The van der Waals surface area contributed by atoms with Crippen molar-refractivity contribution in [3.8, 4) is 0 Å². The van der Waals surface area contributed by atoms with Gasteiger partial charge in [-0.25, -0.2) is 0 Å². The molecule has 0 aromatic rings. The standard InChI is InChI=1S/C4H7I3O3/c1-2(5)3(6,7)4(8,9)10/h2,8-10H,1H3. The Morgan fingerprint density at radius 1 is 1.20 bits per heavy atom. The molecular weight excluding hydrogens is 477 g/mol. The second-order valence-electron chi connectivity index (χ2n) is 1.87. The zero-order valence-electron chi connectivity index (χ0n) is 5.05. The van der Waals surface area contributed by atoms with E-state index in [4.69, 9.17) is 15.3 Å². The van der Waals surface area contributed by atoms with E-state index < -0.39 is 7.40 Å². The van der Waals surface area contributed by atoms with Crippen molar-refractivity contribution in [2.45, 2.75) is 18.2 Å². The van der Waals surface area contributed by atoms with Crippen LogP contribution in [0.1, 0.15) is 6.92 Å². The molecule has 0 saturated carbocycles. The van der Waals surface area contributed by atoms with Gasteiger partial charge in [0.2, 0.25) is 0 Å². The van der Waals surface area contributed by atoms with Crippen molar-refractivity contribution in [3.63, 3.8) is 0 Å². The van der Waals surface area contributed by atoms with E-state index in [9.17, 15) is 0 Å². The summed E-state index contributed by atoms with van der Waals surface area (Å²) in [5.41, 5.74) is 0. The lowest BCUT2D eigenvalue weighted by molar-refractivity contribution is -0.309. The second-order valence-corrected chi connectivity index (χ2v) is 9.21. The highest BCUT2D eigenvalue weighted by Crippen LogP contribution is 2.42. The monoisotopic (exact) mass is 484 g/mol. The Kier molecular flexibility index (Phi) is 4.65. The van der Waals surface area contributed by atoms with Crippen LogP contribution < -0.4 is 0 Å². The molecule has 3 nitrogen and oxygen atoms in total. The van der Waals surface area contributed by atoms with Crippen LogP contribution in [0.15, 0.2) is 0 Å². The van der Waals surface area contributed by atoms with Gasteiger partial charge in [0.1, 0.15) is 0 Å². The Bertz CT molecular complexity index is 117. The van der Waals surface area contributed by atoms with Gasteiger partial charge in [0.25, 0.3) is 0 Å². The van der Waals surface area contributed by atoms with Gasteiger partial charge in [-0.05, 0) is 0 Å². The quantitative estimate of drug-likeness (QED) is 0.312. The highest BCUT2D eigenvalue weighted by atomic mass is 127. The van der Waals surface area contributed by atoms with E-state index in [1.54, 1.807) is 52.1 Å². The zero-order chi connectivity index (χ0) is 8.58. The summed E-state index contributed by atoms with van der Waals surface area (Å²) in [5, 5.41) is 26.4. The third kappa shape index (κ3) is 2.84. The van der Waals surface area contributed by atoms with Crippen LogP contribution in [-0.2, 0) is 0 Å². The van der Waals surface area contributed by atoms with Gasteiger partial charge in [-0.15, -0.1) is 0 Å². The molecule has 0 fully saturated rings. The number of aliphatic hydroxyl groups is 3. The molecule has 0 spiro atoms. The van der Waals surface area contributed by atoms with E-state index in [0.717, 1.165) is 0 Å². The molecule has 0 bridgehead atoms. The predicted octanol–water partition coefficient (Wildman–Crippen LogP) is 1.01. The minimum Gasteiger partial charge on any atom is -0.342 e. The van der Waals surface area contributed by atoms with Crippen LogP contribution in [0.25, 0.3) is 0 Å². The largest absolute Gasteiger partial charge is 0.342 e. The zero-order valence-corrected chi connectivity index (χ0v) is 11.5. The van der Waals surface area contributed by atoms with Crippen LogP contribution in [-0.4, -0.2) is 26.6 Å². The molecule has 0 rings (SSSR count). The van der Waals surface area contributed by atoms with Crippen molar-refractivity contribution < 1.29 is 15.3 Å². The Balaban J connectivity index is 4.40. The Hall–Kier alpha value is 2.07. The average molecular weight is 484 g/mol. The highest BCUT2D eigenvalue weighted by Gasteiger charge is 2.48. The second kappa shape index (κ2) is 3.85. The molecule has 62 valence electrons. The third-order valence-corrected chi connectivity index (χ3v) is 7.58. The maximum atomic E-state index is 8.81. The van der Waals surface area contributed by atoms with Crippen LogP contribution >= 0.6 is 67.8 Å². The van der Waals surface area contributed by atoms with Crippen molar-refractivity contribution >= 4 is 67.8 Å². The lowest BCUT2D eigenvalue weighted by atomic mass is 10.3. The molecule has 0 aliphatic heterocycles. The fourth-order valence-electron chi connectivity index (χ4n) is 0.267. The van der Waals surface area contributed by atoms with Gasteiger partial charge >= 0.3 is 5.97 Å². The van der Waals surface area contributed by atoms with Crippen molar-refractivity contribution in [2.24, 2.45) is 0 Å². The maximum absolute atomic E-state index is 8.81. The molecule has 0 radical (unpaired) electrons. The van der Waals surface area contributed by atoms with Crippen molar-refractivity contribution in [1.82, 2.24) is 0 Å². The summed E-state index contributed by atoms with van der Waals surface area (Å²) in [4.78, 5) is 0. The molecule has 0 aliphatic rings. The van der Waals surface area contributed by atoms with Crippen molar-refractivity contribution in [3.05, 3.63) is 0 Å². The van der Waals surface area contributed by atoms with Gasteiger partial charge in [-0.2, -0.15) is 0 Å². The first-order chi connectivity index (χ1) is 4.19. The first-order valence-electron chi connectivity index (χ1n) is 2.38. The number of halogens is 3. The smallest absolute Gasteiger partial charge is 0.301 e. The van der Waals surface area contributed by atoms with E-state index in [1.165, 1.54) is 0 Å². The topological polar surface area (TPSA) is 60.7 Å². The molecule has 0 heterocycles. The van der Waals surface area contributed by atoms with Gasteiger partial charge < -0.3 is 15.3 Å². The van der Waals surface area contributed by atoms with E-state index in [0.29, 0.717) is 0 Å². The molecule has 0 aromatic carbocycles. The molecule has 3 N–H and O–H groups in total. The fourth-order valence-corrected chi connectivity index (χ4v) is 0.685. The molecule has 0 amide bonds. The molecule has 0 aliphatic carbocycles. The number of rotatable bonds is 2. The molecule has 1 atom stereocenters. The Labute approximate surface area is 100 Å². The minimum absolute atomic E-state index is 0.0497. The molecular formula is C4H7I3O3. The fraction of sp³-hybridized carbons (Fsp3) is 1.00. The SMILES string of the molecule is CC(I)C(I)(I)C(O)(O)O. The van der Waals surface area contributed by atoms with Crippen molar-refractivity contribution in [2.75, 3.05) is 0 Å². The van der Waals surface area contributed by atoms with E-state index >= 15 is 0 Å². The summed E-state index contributed by atoms with van der Waals surface area (Å²) in [6, 6.07) is 0. The molecule has 0 saturated heterocycles. The first-order valence-corrected chi connectivity index (χ1v) is 5.79. The molecule has 1 unspecified atom stereocenters. The van der Waals surface area contributed by atoms with Crippen molar-refractivity contribution in [1.29, 1.82) is 0 Å². The summed E-state index contributed by atoms with van der Waals surface area (Å²) >= 11 is 5.62.